The molecule has 0 radical (unpaired) electrons. The van der Waals surface area contributed by atoms with Gasteiger partial charge in [-0.2, -0.15) is 26.3 Å². The van der Waals surface area contributed by atoms with Crippen molar-refractivity contribution in [1.29, 1.82) is 0 Å². The van der Waals surface area contributed by atoms with Crippen molar-refractivity contribution in [3.05, 3.63) is 144 Å². The molecule has 0 fully saturated rings. The number of rotatable bonds is 8. The third-order valence-electron chi connectivity index (χ3n) is 6.01. The van der Waals surface area contributed by atoms with E-state index in [9.17, 15) is 26.3 Å². The van der Waals surface area contributed by atoms with Gasteiger partial charge in [0.15, 0.2) is 0 Å². The second-order valence-electron chi connectivity index (χ2n) is 9.46. The third kappa shape index (κ3) is 8.77. The van der Waals surface area contributed by atoms with E-state index in [1.165, 1.54) is 24.3 Å². The lowest BCUT2D eigenvalue weighted by molar-refractivity contribution is -0.140. The van der Waals surface area contributed by atoms with Crippen molar-refractivity contribution in [2.75, 3.05) is 0 Å². The van der Waals surface area contributed by atoms with Crippen molar-refractivity contribution >= 4 is 11.1 Å². The van der Waals surface area contributed by atoms with Crippen LogP contribution in [0.3, 0.4) is 0 Å². The summed E-state index contributed by atoms with van der Waals surface area (Å²) in [6.07, 6.45) is -8.97. The Balaban J connectivity index is 0.000000230. The SMILES string of the molecule is C=C(C)c1cccc(OCc2ccccc2)c1C(F)(F)F.C=C(C)c1cccc(OCc2ccccc2)c1C(F)(F)F. The van der Waals surface area contributed by atoms with Gasteiger partial charge in [-0.25, -0.2) is 0 Å². The summed E-state index contributed by atoms with van der Waals surface area (Å²) >= 11 is 0. The zero-order valence-electron chi connectivity index (χ0n) is 23.2. The minimum Gasteiger partial charge on any atom is -0.488 e. The van der Waals surface area contributed by atoms with Gasteiger partial charge in [0.05, 0.1) is 0 Å². The minimum absolute atomic E-state index is 0.0630. The highest BCUT2D eigenvalue weighted by atomic mass is 19.4. The molecule has 42 heavy (non-hydrogen) atoms. The van der Waals surface area contributed by atoms with Crippen molar-refractivity contribution in [2.45, 2.75) is 39.4 Å². The Morgan fingerprint density at radius 2 is 0.857 bits per heavy atom. The number of hydrogen-bond donors (Lipinski definition) is 0. The second-order valence-corrected chi connectivity index (χ2v) is 9.46. The zero-order chi connectivity index (χ0) is 30.9. The van der Waals surface area contributed by atoms with Crippen LogP contribution in [0.15, 0.2) is 110 Å². The molecule has 0 atom stereocenters. The molecule has 0 saturated heterocycles. The van der Waals surface area contributed by atoms with Crippen molar-refractivity contribution in [2.24, 2.45) is 0 Å². The standard InChI is InChI=1S/2C17H15F3O/c2*1-12(2)14-9-6-10-15(16(14)17(18,19)20)21-11-13-7-4-3-5-8-13/h2*3-10H,1,11H2,2H3. The van der Waals surface area contributed by atoms with Crippen molar-refractivity contribution in [3.8, 4) is 11.5 Å². The van der Waals surface area contributed by atoms with E-state index in [-0.39, 0.29) is 35.8 Å². The summed E-state index contributed by atoms with van der Waals surface area (Å²) in [7, 11) is 0. The van der Waals surface area contributed by atoms with E-state index in [1.54, 1.807) is 50.2 Å². The fraction of sp³-hybridized carbons (Fsp3) is 0.176. The van der Waals surface area contributed by atoms with E-state index in [0.29, 0.717) is 11.1 Å². The summed E-state index contributed by atoms with van der Waals surface area (Å²) < 4.78 is 90.4. The first-order valence-corrected chi connectivity index (χ1v) is 12.8. The molecule has 0 amide bonds. The van der Waals surface area contributed by atoms with Gasteiger partial charge in [0.1, 0.15) is 35.8 Å². The average Bonchev–Trinajstić information content (AvgIpc) is 2.95. The smallest absolute Gasteiger partial charge is 0.420 e. The minimum atomic E-state index is -4.48. The Morgan fingerprint density at radius 1 is 0.524 bits per heavy atom. The molecule has 0 spiro atoms. The summed E-state index contributed by atoms with van der Waals surface area (Å²) in [5.41, 5.74) is 0.917. The summed E-state index contributed by atoms with van der Waals surface area (Å²) in [4.78, 5) is 0. The predicted octanol–water partition coefficient (Wildman–Crippen LogP) is 10.6. The largest absolute Gasteiger partial charge is 0.488 e. The molecule has 4 aromatic rings. The van der Waals surface area contributed by atoms with Crippen LogP contribution in [-0.4, -0.2) is 0 Å². The average molecular weight is 585 g/mol. The molecule has 8 heteroatoms. The number of allylic oxidation sites excluding steroid dienone is 2. The summed E-state index contributed by atoms with van der Waals surface area (Å²) in [5.74, 6) is -0.348. The Morgan fingerprint density at radius 3 is 1.14 bits per heavy atom. The van der Waals surface area contributed by atoms with E-state index >= 15 is 0 Å². The van der Waals surface area contributed by atoms with Crippen LogP contribution in [0.2, 0.25) is 0 Å². The quantitative estimate of drug-likeness (QED) is 0.192. The predicted molar refractivity (Wildman–Crippen MR) is 154 cm³/mol. The molecular formula is C34H30F6O2. The van der Waals surface area contributed by atoms with Crippen LogP contribution < -0.4 is 9.47 Å². The lowest BCUT2D eigenvalue weighted by Crippen LogP contribution is -2.11. The van der Waals surface area contributed by atoms with Gasteiger partial charge in [0, 0.05) is 0 Å². The first-order chi connectivity index (χ1) is 19.8. The molecule has 0 unspecified atom stereocenters. The Kier molecular flexibility index (Phi) is 10.6. The van der Waals surface area contributed by atoms with Crippen LogP contribution in [0.4, 0.5) is 26.3 Å². The highest BCUT2D eigenvalue weighted by Gasteiger charge is 2.38. The molecule has 0 aliphatic carbocycles. The van der Waals surface area contributed by atoms with Gasteiger partial charge in [-0.1, -0.05) is 109 Å². The fourth-order valence-corrected chi connectivity index (χ4v) is 4.07. The van der Waals surface area contributed by atoms with Gasteiger partial charge < -0.3 is 9.47 Å². The molecule has 0 aliphatic rings. The summed E-state index contributed by atoms with van der Waals surface area (Å²) in [6.45, 7) is 10.5. The molecule has 0 saturated carbocycles. The van der Waals surface area contributed by atoms with Crippen LogP contribution in [-0.2, 0) is 25.6 Å². The molecular weight excluding hydrogens is 554 g/mol. The van der Waals surface area contributed by atoms with E-state index in [4.69, 9.17) is 9.47 Å². The van der Waals surface area contributed by atoms with Crippen molar-refractivity contribution in [1.82, 2.24) is 0 Å². The number of hydrogen-bond acceptors (Lipinski definition) is 2. The van der Waals surface area contributed by atoms with Crippen LogP contribution in [0.25, 0.3) is 11.1 Å². The van der Waals surface area contributed by atoms with Gasteiger partial charge in [-0.3, -0.25) is 0 Å². The van der Waals surface area contributed by atoms with Gasteiger partial charge >= 0.3 is 12.4 Å². The molecule has 0 heterocycles. The van der Waals surface area contributed by atoms with E-state index in [2.05, 4.69) is 13.2 Å². The second kappa shape index (κ2) is 13.9. The summed E-state index contributed by atoms with van der Waals surface area (Å²) in [6, 6.07) is 26.7. The van der Waals surface area contributed by atoms with Crippen LogP contribution >= 0.6 is 0 Å². The maximum atomic E-state index is 13.3. The Bertz CT molecular complexity index is 1380. The molecule has 220 valence electrons. The highest BCUT2D eigenvalue weighted by Crippen LogP contribution is 2.42. The fourth-order valence-electron chi connectivity index (χ4n) is 4.07. The van der Waals surface area contributed by atoms with Crippen LogP contribution in [0.5, 0.6) is 11.5 Å². The monoisotopic (exact) mass is 584 g/mol. The first kappa shape index (κ1) is 32.1. The molecule has 4 rings (SSSR count). The molecule has 2 nitrogen and oxygen atoms in total. The number of benzene rings is 4. The van der Waals surface area contributed by atoms with Gasteiger partial charge in [0.2, 0.25) is 0 Å². The third-order valence-corrected chi connectivity index (χ3v) is 6.01. The van der Waals surface area contributed by atoms with E-state index < -0.39 is 23.5 Å². The maximum absolute atomic E-state index is 13.3. The molecule has 0 aliphatic heterocycles. The van der Waals surface area contributed by atoms with Crippen molar-refractivity contribution < 1.29 is 35.8 Å². The summed E-state index contributed by atoms with van der Waals surface area (Å²) in [5, 5.41) is 0. The molecule has 0 bridgehead atoms. The van der Waals surface area contributed by atoms with E-state index in [1.807, 2.05) is 36.4 Å². The Hall–Kier alpha value is -4.46. The van der Waals surface area contributed by atoms with Gasteiger partial charge in [-0.15, -0.1) is 0 Å². The maximum Gasteiger partial charge on any atom is 0.420 e. The normalized spacial score (nSPS) is 11.2. The topological polar surface area (TPSA) is 18.5 Å². The highest BCUT2D eigenvalue weighted by molar-refractivity contribution is 5.68. The Labute approximate surface area is 241 Å². The van der Waals surface area contributed by atoms with Crippen LogP contribution in [0, 0.1) is 0 Å². The van der Waals surface area contributed by atoms with Crippen molar-refractivity contribution in [3.63, 3.8) is 0 Å². The van der Waals surface area contributed by atoms with Gasteiger partial charge in [-0.05, 0) is 48.2 Å². The molecule has 0 aromatic heterocycles. The first-order valence-electron chi connectivity index (χ1n) is 12.8. The number of ether oxygens (including phenoxy) is 2. The molecule has 0 N–H and O–H groups in total. The van der Waals surface area contributed by atoms with E-state index in [0.717, 1.165) is 11.1 Å². The number of alkyl halides is 6. The lowest BCUT2D eigenvalue weighted by Gasteiger charge is -2.18. The number of halogens is 6. The van der Waals surface area contributed by atoms with Crippen LogP contribution in [0.1, 0.15) is 47.2 Å². The molecule has 4 aromatic carbocycles. The lowest BCUT2D eigenvalue weighted by atomic mass is 10.0. The zero-order valence-corrected chi connectivity index (χ0v) is 23.2. The van der Waals surface area contributed by atoms with Gasteiger partial charge in [0.25, 0.3) is 0 Å².